The number of hydrogen-bond donors (Lipinski definition) is 0. The summed E-state index contributed by atoms with van der Waals surface area (Å²) in [6.45, 7) is 4.22. The van der Waals surface area contributed by atoms with Crippen molar-refractivity contribution in [1.82, 2.24) is 0 Å². The van der Waals surface area contributed by atoms with E-state index in [0.717, 1.165) is 49.7 Å². The fourth-order valence-corrected chi connectivity index (χ4v) is 2.47. The molecule has 0 N–H and O–H groups in total. The molecule has 4 nitrogen and oxygen atoms in total. The van der Waals surface area contributed by atoms with E-state index < -0.39 is 11.9 Å². The topological polar surface area (TPSA) is 52.6 Å². The molecule has 0 saturated heterocycles. The van der Waals surface area contributed by atoms with Crippen molar-refractivity contribution in [3.05, 3.63) is 34.4 Å². The maximum Gasteiger partial charge on any atom is 0.339 e. The number of carbonyl (C=O) groups excluding carboxylic acids is 2. The predicted molar refractivity (Wildman–Crippen MR) is 86.3 cm³/mol. The van der Waals surface area contributed by atoms with Gasteiger partial charge >= 0.3 is 11.9 Å². The second-order valence-corrected chi connectivity index (χ2v) is 5.37. The Labute approximate surface area is 132 Å². The first-order valence-corrected chi connectivity index (χ1v) is 7.91. The fraction of sp³-hybridized carbons (Fsp3) is 0.556. The lowest BCUT2D eigenvalue weighted by molar-refractivity contribution is 0.0554. The average molecular weight is 306 g/mol. The number of ether oxygens (including phenoxy) is 2. The number of methoxy groups -OCH3 is 2. The van der Waals surface area contributed by atoms with Crippen molar-refractivity contribution in [2.45, 2.75) is 52.4 Å². The van der Waals surface area contributed by atoms with Crippen LogP contribution in [0.2, 0.25) is 0 Å². The van der Waals surface area contributed by atoms with Gasteiger partial charge in [0.25, 0.3) is 0 Å². The highest BCUT2D eigenvalue weighted by Crippen LogP contribution is 2.23. The third-order valence-corrected chi connectivity index (χ3v) is 3.69. The van der Waals surface area contributed by atoms with Crippen molar-refractivity contribution >= 4 is 11.9 Å². The summed E-state index contributed by atoms with van der Waals surface area (Å²) in [5, 5.41) is 0. The second kappa shape index (κ2) is 9.23. The van der Waals surface area contributed by atoms with E-state index in [1.165, 1.54) is 14.2 Å². The molecule has 0 amide bonds. The third kappa shape index (κ3) is 4.58. The Hall–Kier alpha value is -1.84. The van der Waals surface area contributed by atoms with Gasteiger partial charge in [0.05, 0.1) is 25.3 Å². The van der Waals surface area contributed by atoms with Crippen LogP contribution in [0, 0.1) is 0 Å². The number of rotatable bonds is 8. The number of carbonyl (C=O) groups is 2. The molecular formula is C18H26O4. The highest BCUT2D eigenvalue weighted by molar-refractivity contribution is 6.04. The molecule has 0 saturated carbocycles. The summed E-state index contributed by atoms with van der Waals surface area (Å²) >= 11 is 0. The van der Waals surface area contributed by atoms with Crippen molar-refractivity contribution in [1.29, 1.82) is 0 Å². The molecule has 0 bridgehead atoms. The van der Waals surface area contributed by atoms with Crippen LogP contribution in [0.4, 0.5) is 0 Å². The van der Waals surface area contributed by atoms with Crippen molar-refractivity contribution in [2.24, 2.45) is 0 Å². The molecule has 0 aromatic heterocycles. The van der Waals surface area contributed by atoms with E-state index in [9.17, 15) is 9.59 Å². The minimum atomic E-state index is -0.489. The van der Waals surface area contributed by atoms with Crippen molar-refractivity contribution in [2.75, 3.05) is 14.2 Å². The van der Waals surface area contributed by atoms with Gasteiger partial charge in [-0.05, 0) is 42.9 Å². The lowest BCUT2D eigenvalue weighted by Crippen LogP contribution is -2.16. The van der Waals surface area contributed by atoms with Crippen LogP contribution >= 0.6 is 0 Å². The molecule has 0 aliphatic heterocycles. The van der Waals surface area contributed by atoms with Crippen LogP contribution in [0.3, 0.4) is 0 Å². The molecule has 0 unspecified atom stereocenters. The van der Waals surface area contributed by atoms with Crippen molar-refractivity contribution in [3.63, 3.8) is 0 Å². The Kier molecular flexibility index (Phi) is 7.64. The third-order valence-electron chi connectivity index (χ3n) is 3.69. The monoisotopic (exact) mass is 306 g/mol. The Morgan fingerprint density at radius 2 is 1.50 bits per heavy atom. The molecule has 22 heavy (non-hydrogen) atoms. The van der Waals surface area contributed by atoms with Gasteiger partial charge < -0.3 is 9.47 Å². The molecule has 1 aromatic rings. The van der Waals surface area contributed by atoms with Gasteiger partial charge in [0.15, 0.2) is 0 Å². The smallest absolute Gasteiger partial charge is 0.339 e. The van der Waals surface area contributed by atoms with Gasteiger partial charge in [0.1, 0.15) is 0 Å². The van der Waals surface area contributed by atoms with Crippen molar-refractivity contribution < 1.29 is 19.1 Å². The Bertz CT molecular complexity index is 520. The fourth-order valence-electron chi connectivity index (χ4n) is 2.47. The Morgan fingerprint density at radius 3 is 2.05 bits per heavy atom. The molecule has 0 fully saturated rings. The first-order chi connectivity index (χ1) is 10.6. The molecule has 0 aliphatic carbocycles. The van der Waals surface area contributed by atoms with E-state index in [0.29, 0.717) is 11.1 Å². The SMILES string of the molecule is CCCCc1cc(CCCC)c(C(=O)OC)c(C(=O)OC)c1. The minimum absolute atomic E-state index is 0.314. The summed E-state index contributed by atoms with van der Waals surface area (Å²) < 4.78 is 9.71. The number of hydrogen-bond acceptors (Lipinski definition) is 4. The molecule has 0 aliphatic rings. The molecule has 0 heterocycles. The predicted octanol–water partition coefficient (Wildman–Crippen LogP) is 3.95. The minimum Gasteiger partial charge on any atom is -0.465 e. The number of esters is 2. The van der Waals surface area contributed by atoms with Crippen LogP contribution in [-0.4, -0.2) is 26.2 Å². The van der Waals surface area contributed by atoms with Crippen LogP contribution in [0.25, 0.3) is 0 Å². The summed E-state index contributed by atoms with van der Waals surface area (Å²) in [5.41, 5.74) is 2.61. The van der Waals surface area contributed by atoms with Gasteiger partial charge in [-0.2, -0.15) is 0 Å². The molecular weight excluding hydrogens is 280 g/mol. The standard InChI is InChI=1S/C18H26O4/c1-5-7-9-13-11-14(10-8-6-2)16(18(20)22-4)15(12-13)17(19)21-3/h11-12H,5-10H2,1-4H3. The number of benzene rings is 1. The number of aryl methyl sites for hydroxylation is 2. The highest BCUT2D eigenvalue weighted by atomic mass is 16.5. The van der Waals surface area contributed by atoms with Crippen LogP contribution in [-0.2, 0) is 22.3 Å². The summed E-state index contributed by atoms with van der Waals surface area (Å²) in [6, 6.07) is 3.80. The van der Waals surface area contributed by atoms with E-state index in [1.54, 1.807) is 6.07 Å². The molecule has 0 atom stereocenters. The van der Waals surface area contributed by atoms with Gasteiger partial charge in [0.2, 0.25) is 0 Å². The quantitative estimate of drug-likeness (QED) is 0.682. The first-order valence-electron chi connectivity index (χ1n) is 7.91. The summed E-state index contributed by atoms with van der Waals surface area (Å²) in [5.74, 6) is -0.968. The van der Waals surface area contributed by atoms with E-state index >= 15 is 0 Å². The van der Waals surface area contributed by atoms with Crippen molar-refractivity contribution in [3.8, 4) is 0 Å². The maximum absolute atomic E-state index is 12.1. The largest absolute Gasteiger partial charge is 0.465 e. The van der Waals surface area contributed by atoms with Gasteiger partial charge in [-0.15, -0.1) is 0 Å². The molecule has 122 valence electrons. The molecule has 1 aromatic carbocycles. The van der Waals surface area contributed by atoms with E-state index in [2.05, 4.69) is 13.8 Å². The summed E-state index contributed by atoms with van der Waals surface area (Å²) in [4.78, 5) is 24.2. The zero-order valence-corrected chi connectivity index (χ0v) is 14.0. The van der Waals surface area contributed by atoms with E-state index in [1.807, 2.05) is 6.07 Å². The highest BCUT2D eigenvalue weighted by Gasteiger charge is 2.23. The first kappa shape index (κ1) is 18.2. The average Bonchev–Trinajstić information content (AvgIpc) is 2.55. The summed E-state index contributed by atoms with van der Waals surface area (Å²) in [6.07, 6.45) is 5.75. The zero-order chi connectivity index (χ0) is 16.5. The van der Waals surface area contributed by atoms with Gasteiger partial charge in [-0.25, -0.2) is 9.59 Å². The van der Waals surface area contributed by atoms with Gasteiger partial charge in [-0.3, -0.25) is 0 Å². The van der Waals surface area contributed by atoms with Crippen LogP contribution in [0.1, 0.15) is 71.4 Å². The Morgan fingerprint density at radius 1 is 0.909 bits per heavy atom. The molecule has 1 rings (SSSR count). The normalized spacial score (nSPS) is 10.4. The van der Waals surface area contributed by atoms with E-state index in [-0.39, 0.29) is 0 Å². The van der Waals surface area contributed by atoms with Gasteiger partial charge in [0, 0.05) is 0 Å². The zero-order valence-electron chi connectivity index (χ0n) is 14.0. The maximum atomic E-state index is 12.1. The molecule has 0 spiro atoms. The van der Waals surface area contributed by atoms with Crippen LogP contribution in [0.15, 0.2) is 12.1 Å². The molecule has 4 heteroatoms. The number of unbranched alkanes of at least 4 members (excludes halogenated alkanes) is 2. The summed E-state index contributed by atoms with van der Waals surface area (Å²) in [7, 11) is 2.66. The van der Waals surface area contributed by atoms with Gasteiger partial charge in [-0.1, -0.05) is 32.8 Å². The van der Waals surface area contributed by atoms with Crippen LogP contribution in [0.5, 0.6) is 0 Å². The molecule has 0 radical (unpaired) electrons. The Balaban J connectivity index is 3.39. The van der Waals surface area contributed by atoms with Crippen LogP contribution < -0.4 is 0 Å². The lowest BCUT2D eigenvalue weighted by atomic mass is 9.92. The van der Waals surface area contributed by atoms with E-state index in [4.69, 9.17) is 9.47 Å². The second-order valence-electron chi connectivity index (χ2n) is 5.37. The lowest BCUT2D eigenvalue weighted by Gasteiger charge is -2.14.